The van der Waals surface area contributed by atoms with Crippen LogP contribution in [0.4, 0.5) is 0 Å². The van der Waals surface area contributed by atoms with Crippen LogP contribution in [0.2, 0.25) is 0 Å². The van der Waals surface area contributed by atoms with Crippen molar-refractivity contribution in [1.82, 2.24) is 5.32 Å². The monoisotopic (exact) mass is 252 g/mol. The van der Waals surface area contributed by atoms with Gasteiger partial charge in [0, 0.05) is 6.54 Å². The fourth-order valence-corrected chi connectivity index (χ4v) is 1.86. The lowest BCUT2D eigenvalue weighted by atomic mass is 10.1. The van der Waals surface area contributed by atoms with Crippen LogP contribution >= 0.6 is 0 Å². The van der Waals surface area contributed by atoms with Crippen LogP contribution < -0.4 is 10.1 Å². The molecule has 0 spiro atoms. The van der Waals surface area contributed by atoms with Gasteiger partial charge in [-0.25, -0.2) is 0 Å². The van der Waals surface area contributed by atoms with Gasteiger partial charge < -0.3 is 10.1 Å². The number of benzene rings is 2. The highest BCUT2D eigenvalue weighted by Crippen LogP contribution is 2.26. The highest BCUT2D eigenvalue weighted by atomic mass is 16.5. The van der Waals surface area contributed by atoms with Gasteiger partial charge in [-0.2, -0.15) is 5.26 Å². The van der Waals surface area contributed by atoms with Crippen molar-refractivity contribution in [2.45, 2.75) is 13.5 Å². The number of ether oxygens (including phenoxy) is 1. The summed E-state index contributed by atoms with van der Waals surface area (Å²) in [4.78, 5) is 0. The maximum atomic E-state index is 9.09. The molecule has 0 atom stereocenters. The molecule has 19 heavy (non-hydrogen) atoms. The first-order valence-corrected chi connectivity index (χ1v) is 6.15. The summed E-state index contributed by atoms with van der Waals surface area (Å²) in [5.41, 5.74) is 2.76. The van der Waals surface area contributed by atoms with E-state index in [1.54, 1.807) is 6.07 Å². The maximum absolute atomic E-state index is 9.09. The van der Waals surface area contributed by atoms with Gasteiger partial charge in [0.25, 0.3) is 0 Å². The van der Waals surface area contributed by atoms with Crippen molar-refractivity contribution in [1.29, 1.82) is 5.26 Å². The smallest absolute Gasteiger partial charge is 0.145 e. The fourth-order valence-electron chi connectivity index (χ4n) is 1.86. The fraction of sp³-hybridized carbons (Fsp3) is 0.188. The first-order valence-electron chi connectivity index (χ1n) is 6.15. The summed E-state index contributed by atoms with van der Waals surface area (Å²) in [7, 11) is 1.90. The molecular formula is C16H16N2O. The lowest BCUT2D eigenvalue weighted by Gasteiger charge is -2.09. The molecule has 2 aromatic carbocycles. The van der Waals surface area contributed by atoms with Crippen molar-refractivity contribution < 1.29 is 4.74 Å². The van der Waals surface area contributed by atoms with Crippen LogP contribution in [0.1, 0.15) is 16.7 Å². The van der Waals surface area contributed by atoms with Gasteiger partial charge in [0.2, 0.25) is 0 Å². The molecule has 0 saturated heterocycles. The van der Waals surface area contributed by atoms with E-state index < -0.39 is 0 Å². The van der Waals surface area contributed by atoms with E-state index >= 15 is 0 Å². The molecular weight excluding hydrogens is 236 g/mol. The average Bonchev–Trinajstić information content (AvgIpc) is 2.40. The third kappa shape index (κ3) is 3.34. The Balaban J connectivity index is 2.28. The molecule has 0 unspecified atom stereocenters. The number of hydrogen-bond donors (Lipinski definition) is 1. The minimum atomic E-state index is 0.546. The van der Waals surface area contributed by atoms with E-state index in [1.807, 2.05) is 50.4 Å². The number of nitrogens with one attached hydrogen (secondary N) is 1. The highest BCUT2D eigenvalue weighted by molar-refractivity contribution is 5.47. The summed E-state index contributed by atoms with van der Waals surface area (Å²) in [5.74, 6) is 1.35. The van der Waals surface area contributed by atoms with Crippen LogP contribution in [-0.4, -0.2) is 7.05 Å². The van der Waals surface area contributed by atoms with E-state index in [0.29, 0.717) is 11.3 Å². The second kappa shape index (κ2) is 6.03. The van der Waals surface area contributed by atoms with Crippen LogP contribution in [0.5, 0.6) is 11.5 Å². The number of nitrogens with zero attached hydrogens (tertiary/aromatic N) is 1. The predicted octanol–water partition coefficient (Wildman–Crippen LogP) is 3.38. The molecule has 0 radical (unpaired) electrons. The summed E-state index contributed by atoms with van der Waals surface area (Å²) < 4.78 is 5.82. The molecule has 0 bridgehead atoms. The van der Waals surface area contributed by atoms with Crippen molar-refractivity contribution in [2.24, 2.45) is 0 Å². The first-order chi connectivity index (χ1) is 9.22. The molecule has 3 heteroatoms. The standard InChI is InChI=1S/C16H16N2O/c1-12-6-7-14(10-17)16(8-12)19-15-5-3-4-13(9-15)11-18-2/h3-9,18H,11H2,1-2H3. The largest absolute Gasteiger partial charge is 0.456 e. The number of aryl methyl sites for hydroxylation is 1. The van der Waals surface area contributed by atoms with Crippen LogP contribution in [-0.2, 0) is 6.54 Å². The van der Waals surface area contributed by atoms with Gasteiger partial charge in [0.15, 0.2) is 0 Å². The molecule has 0 aromatic heterocycles. The molecule has 0 aliphatic rings. The Morgan fingerprint density at radius 3 is 2.79 bits per heavy atom. The quantitative estimate of drug-likeness (QED) is 0.907. The van der Waals surface area contributed by atoms with Gasteiger partial charge in [-0.05, 0) is 49.4 Å². The minimum absolute atomic E-state index is 0.546. The second-order valence-corrected chi connectivity index (χ2v) is 4.39. The Bertz CT molecular complexity index is 614. The number of nitriles is 1. The van der Waals surface area contributed by atoms with Crippen molar-refractivity contribution in [2.75, 3.05) is 7.05 Å². The molecule has 2 rings (SSSR count). The van der Waals surface area contributed by atoms with Gasteiger partial charge >= 0.3 is 0 Å². The molecule has 0 aliphatic carbocycles. The van der Waals surface area contributed by atoms with Gasteiger partial charge in [-0.1, -0.05) is 18.2 Å². The summed E-state index contributed by atoms with van der Waals surface area (Å²) >= 11 is 0. The van der Waals surface area contributed by atoms with E-state index in [2.05, 4.69) is 11.4 Å². The van der Waals surface area contributed by atoms with E-state index in [4.69, 9.17) is 10.00 Å². The predicted molar refractivity (Wildman–Crippen MR) is 75.2 cm³/mol. The summed E-state index contributed by atoms with van der Waals surface area (Å²) in [6.07, 6.45) is 0. The lowest BCUT2D eigenvalue weighted by molar-refractivity contribution is 0.480. The summed E-state index contributed by atoms with van der Waals surface area (Å²) in [5, 5.41) is 12.2. The normalized spacial score (nSPS) is 9.95. The zero-order valence-corrected chi connectivity index (χ0v) is 11.1. The molecule has 1 N–H and O–H groups in total. The Hall–Kier alpha value is -2.31. The van der Waals surface area contributed by atoms with Gasteiger partial charge in [-0.15, -0.1) is 0 Å². The maximum Gasteiger partial charge on any atom is 0.145 e. The number of hydrogen-bond acceptors (Lipinski definition) is 3. The third-order valence-electron chi connectivity index (χ3n) is 2.76. The Kier molecular flexibility index (Phi) is 4.17. The van der Waals surface area contributed by atoms with Gasteiger partial charge in [0.05, 0.1) is 5.56 Å². The Labute approximate surface area is 113 Å². The van der Waals surface area contributed by atoms with E-state index in [9.17, 15) is 0 Å². The van der Waals surface area contributed by atoms with Crippen LogP contribution in [0.15, 0.2) is 42.5 Å². The van der Waals surface area contributed by atoms with Gasteiger partial charge in [0.1, 0.15) is 17.6 Å². The van der Waals surface area contributed by atoms with Crippen molar-refractivity contribution >= 4 is 0 Å². The molecule has 96 valence electrons. The molecule has 0 amide bonds. The van der Waals surface area contributed by atoms with Crippen molar-refractivity contribution in [3.63, 3.8) is 0 Å². The van der Waals surface area contributed by atoms with Crippen LogP contribution in [0.3, 0.4) is 0 Å². The molecule has 3 nitrogen and oxygen atoms in total. The van der Waals surface area contributed by atoms with E-state index in [-0.39, 0.29) is 0 Å². The third-order valence-corrected chi connectivity index (χ3v) is 2.76. The van der Waals surface area contributed by atoms with Gasteiger partial charge in [-0.3, -0.25) is 0 Å². The summed E-state index contributed by atoms with van der Waals surface area (Å²) in [6, 6.07) is 15.6. The minimum Gasteiger partial charge on any atom is -0.456 e. The van der Waals surface area contributed by atoms with Crippen LogP contribution in [0.25, 0.3) is 0 Å². The molecule has 0 saturated carbocycles. The number of rotatable bonds is 4. The molecule has 0 heterocycles. The van der Waals surface area contributed by atoms with Crippen molar-refractivity contribution in [3.8, 4) is 17.6 Å². The topological polar surface area (TPSA) is 45.0 Å². The highest BCUT2D eigenvalue weighted by Gasteiger charge is 2.05. The Morgan fingerprint density at radius 2 is 2.05 bits per heavy atom. The van der Waals surface area contributed by atoms with Crippen LogP contribution in [0, 0.1) is 18.3 Å². The Morgan fingerprint density at radius 1 is 1.21 bits per heavy atom. The average molecular weight is 252 g/mol. The first kappa shape index (κ1) is 13.1. The molecule has 0 aliphatic heterocycles. The zero-order chi connectivity index (χ0) is 13.7. The van der Waals surface area contributed by atoms with E-state index in [1.165, 1.54) is 0 Å². The zero-order valence-electron chi connectivity index (χ0n) is 11.1. The SMILES string of the molecule is CNCc1cccc(Oc2cc(C)ccc2C#N)c1. The van der Waals surface area contributed by atoms with E-state index in [0.717, 1.165) is 23.4 Å². The van der Waals surface area contributed by atoms with Crippen molar-refractivity contribution in [3.05, 3.63) is 59.2 Å². The summed E-state index contributed by atoms with van der Waals surface area (Å²) in [6.45, 7) is 2.77. The molecule has 0 fully saturated rings. The lowest BCUT2D eigenvalue weighted by Crippen LogP contribution is -2.04. The molecule has 2 aromatic rings. The second-order valence-electron chi connectivity index (χ2n) is 4.39.